The van der Waals surface area contributed by atoms with Gasteiger partial charge in [0.25, 0.3) is 0 Å². The van der Waals surface area contributed by atoms with Crippen LogP contribution in [0.25, 0.3) is 0 Å². The summed E-state index contributed by atoms with van der Waals surface area (Å²) in [6.07, 6.45) is 9.65. The number of aromatic nitrogens is 1. The maximum absolute atomic E-state index is 5.62. The first-order chi connectivity index (χ1) is 8.74. The van der Waals surface area contributed by atoms with Crippen LogP contribution in [0.2, 0.25) is 0 Å². The van der Waals surface area contributed by atoms with E-state index in [1.807, 2.05) is 12.1 Å². The average molecular weight is 247 g/mol. The number of nitrogens with two attached hydrogens (primary N) is 1. The van der Waals surface area contributed by atoms with Crippen molar-refractivity contribution < 1.29 is 0 Å². The molecule has 1 fully saturated rings. The van der Waals surface area contributed by atoms with Gasteiger partial charge in [-0.3, -0.25) is 4.98 Å². The smallest absolute Gasteiger partial charge is 0.0501 e. The van der Waals surface area contributed by atoms with E-state index in [0.717, 1.165) is 24.3 Å². The number of pyridine rings is 1. The molecule has 0 aliphatic heterocycles. The van der Waals surface area contributed by atoms with Gasteiger partial charge in [0.2, 0.25) is 0 Å². The monoisotopic (exact) mass is 247 g/mol. The summed E-state index contributed by atoms with van der Waals surface area (Å²) < 4.78 is 0. The number of nitrogens with zero attached hydrogens (tertiary/aromatic N) is 1. The van der Waals surface area contributed by atoms with Crippen LogP contribution >= 0.6 is 0 Å². The lowest BCUT2D eigenvalue weighted by molar-refractivity contribution is 0.270. The predicted molar refractivity (Wildman–Crippen MR) is 76.4 cm³/mol. The molecule has 0 spiro atoms. The van der Waals surface area contributed by atoms with Crippen molar-refractivity contribution in [2.24, 2.45) is 5.41 Å². The molecule has 1 heterocycles. The molecule has 3 N–H and O–H groups in total. The van der Waals surface area contributed by atoms with Gasteiger partial charge in [-0.15, -0.1) is 0 Å². The molecular formula is C15H25N3. The fourth-order valence-corrected chi connectivity index (χ4v) is 2.93. The Balaban J connectivity index is 1.71. The maximum Gasteiger partial charge on any atom is 0.0501 e. The van der Waals surface area contributed by atoms with Crippen molar-refractivity contribution >= 4 is 5.69 Å². The van der Waals surface area contributed by atoms with Crippen LogP contribution in [-0.2, 0) is 6.42 Å². The lowest BCUT2D eigenvalue weighted by atomic mass is 9.83. The first-order valence-corrected chi connectivity index (χ1v) is 7.15. The van der Waals surface area contributed by atoms with E-state index < -0.39 is 0 Å². The Labute approximate surface area is 110 Å². The highest BCUT2D eigenvalue weighted by molar-refractivity contribution is 5.34. The molecule has 0 saturated heterocycles. The van der Waals surface area contributed by atoms with Gasteiger partial charge in [-0.1, -0.05) is 19.8 Å². The maximum atomic E-state index is 5.62. The highest BCUT2D eigenvalue weighted by atomic mass is 14.9. The molecule has 0 radical (unpaired) electrons. The lowest BCUT2D eigenvalue weighted by Gasteiger charge is -2.27. The average Bonchev–Trinajstić information content (AvgIpc) is 2.86. The predicted octanol–water partition coefficient (Wildman–Crippen LogP) is 2.77. The van der Waals surface area contributed by atoms with Gasteiger partial charge in [0.15, 0.2) is 0 Å². The van der Waals surface area contributed by atoms with Gasteiger partial charge >= 0.3 is 0 Å². The van der Waals surface area contributed by atoms with E-state index in [9.17, 15) is 0 Å². The van der Waals surface area contributed by atoms with Crippen molar-refractivity contribution in [2.75, 3.05) is 18.8 Å². The summed E-state index contributed by atoms with van der Waals surface area (Å²) in [5.41, 5.74) is 8.06. The van der Waals surface area contributed by atoms with E-state index in [0.29, 0.717) is 5.41 Å². The summed E-state index contributed by atoms with van der Waals surface area (Å²) >= 11 is 0. The zero-order valence-electron chi connectivity index (χ0n) is 11.4. The van der Waals surface area contributed by atoms with Gasteiger partial charge < -0.3 is 11.1 Å². The van der Waals surface area contributed by atoms with Gasteiger partial charge in [0, 0.05) is 25.2 Å². The Morgan fingerprint density at radius 2 is 2.11 bits per heavy atom. The van der Waals surface area contributed by atoms with Crippen LogP contribution in [0, 0.1) is 5.41 Å². The Kier molecular flexibility index (Phi) is 4.59. The Hall–Kier alpha value is -1.09. The van der Waals surface area contributed by atoms with Crippen molar-refractivity contribution in [3.63, 3.8) is 0 Å². The van der Waals surface area contributed by atoms with E-state index in [1.165, 1.54) is 38.6 Å². The second-order valence-corrected chi connectivity index (χ2v) is 5.57. The second kappa shape index (κ2) is 6.19. The number of anilines is 1. The molecule has 1 aliphatic rings. The topological polar surface area (TPSA) is 50.9 Å². The number of nitrogen functional groups attached to an aromatic ring is 1. The van der Waals surface area contributed by atoms with Crippen molar-refractivity contribution in [1.29, 1.82) is 0 Å². The normalized spacial score (nSPS) is 18.1. The molecule has 1 aromatic rings. The summed E-state index contributed by atoms with van der Waals surface area (Å²) in [6, 6.07) is 3.94. The van der Waals surface area contributed by atoms with Gasteiger partial charge in [-0.05, 0) is 36.8 Å². The Morgan fingerprint density at radius 1 is 1.33 bits per heavy atom. The molecule has 0 aromatic carbocycles. The molecule has 3 nitrogen and oxygen atoms in total. The first kappa shape index (κ1) is 13.3. The van der Waals surface area contributed by atoms with Crippen LogP contribution in [0.5, 0.6) is 0 Å². The van der Waals surface area contributed by atoms with Crippen LogP contribution < -0.4 is 11.1 Å². The molecule has 1 saturated carbocycles. The van der Waals surface area contributed by atoms with Crippen molar-refractivity contribution in [3.8, 4) is 0 Å². The largest absolute Gasteiger partial charge is 0.397 e. The molecule has 1 aromatic heterocycles. The third-order valence-corrected chi connectivity index (χ3v) is 4.32. The van der Waals surface area contributed by atoms with E-state index in [-0.39, 0.29) is 0 Å². The zero-order valence-corrected chi connectivity index (χ0v) is 11.4. The molecule has 2 rings (SSSR count). The number of rotatable bonds is 6. The van der Waals surface area contributed by atoms with Crippen LogP contribution in [-0.4, -0.2) is 18.1 Å². The zero-order chi connectivity index (χ0) is 12.8. The molecular weight excluding hydrogens is 222 g/mol. The molecule has 0 bridgehead atoms. The number of hydrogen-bond acceptors (Lipinski definition) is 3. The van der Waals surface area contributed by atoms with Gasteiger partial charge in [0.1, 0.15) is 0 Å². The summed E-state index contributed by atoms with van der Waals surface area (Å²) in [4.78, 5) is 4.32. The molecule has 100 valence electrons. The Bertz CT molecular complexity index is 353. The van der Waals surface area contributed by atoms with E-state index in [2.05, 4.69) is 17.2 Å². The summed E-state index contributed by atoms with van der Waals surface area (Å²) in [5, 5.41) is 3.61. The molecule has 1 aliphatic carbocycles. The molecule has 0 amide bonds. The minimum absolute atomic E-state index is 0.578. The lowest BCUT2D eigenvalue weighted by Crippen LogP contribution is -2.32. The van der Waals surface area contributed by atoms with E-state index in [4.69, 9.17) is 5.73 Å². The minimum atomic E-state index is 0.578. The van der Waals surface area contributed by atoms with Gasteiger partial charge in [-0.2, -0.15) is 0 Å². The van der Waals surface area contributed by atoms with E-state index >= 15 is 0 Å². The highest BCUT2D eigenvalue weighted by Gasteiger charge is 2.31. The minimum Gasteiger partial charge on any atom is -0.397 e. The molecule has 18 heavy (non-hydrogen) atoms. The quantitative estimate of drug-likeness (QED) is 0.760. The van der Waals surface area contributed by atoms with Crippen molar-refractivity contribution in [1.82, 2.24) is 10.3 Å². The van der Waals surface area contributed by atoms with Crippen LogP contribution in [0.4, 0.5) is 5.69 Å². The van der Waals surface area contributed by atoms with Gasteiger partial charge in [-0.25, -0.2) is 0 Å². The SMILES string of the molecule is CCC1(CNCCc2ccc(N)cn2)CCCC1. The van der Waals surface area contributed by atoms with Crippen LogP contribution in [0.3, 0.4) is 0 Å². The molecule has 3 heteroatoms. The van der Waals surface area contributed by atoms with Crippen LogP contribution in [0.1, 0.15) is 44.7 Å². The van der Waals surface area contributed by atoms with Crippen molar-refractivity contribution in [2.45, 2.75) is 45.4 Å². The Morgan fingerprint density at radius 3 is 2.72 bits per heavy atom. The second-order valence-electron chi connectivity index (χ2n) is 5.57. The van der Waals surface area contributed by atoms with Crippen molar-refractivity contribution in [3.05, 3.63) is 24.0 Å². The molecule has 0 atom stereocenters. The number of nitrogens with one attached hydrogen (secondary N) is 1. The summed E-state index contributed by atoms with van der Waals surface area (Å²) in [5.74, 6) is 0. The first-order valence-electron chi connectivity index (χ1n) is 7.15. The van der Waals surface area contributed by atoms with E-state index in [1.54, 1.807) is 6.20 Å². The number of hydrogen-bond donors (Lipinski definition) is 2. The molecule has 0 unspecified atom stereocenters. The fourth-order valence-electron chi connectivity index (χ4n) is 2.93. The summed E-state index contributed by atoms with van der Waals surface area (Å²) in [7, 11) is 0. The highest BCUT2D eigenvalue weighted by Crippen LogP contribution is 2.40. The standard InChI is InChI=1S/C15H25N3/c1-2-15(8-3-4-9-15)12-17-10-7-14-6-5-13(16)11-18-14/h5-6,11,17H,2-4,7-10,12,16H2,1H3. The summed E-state index contributed by atoms with van der Waals surface area (Å²) in [6.45, 7) is 4.51. The van der Waals surface area contributed by atoms with Gasteiger partial charge in [0.05, 0.1) is 11.9 Å². The third-order valence-electron chi connectivity index (χ3n) is 4.32. The van der Waals surface area contributed by atoms with Crippen LogP contribution in [0.15, 0.2) is 18.3 Å². The third kappa shape index (κ3) is 3.45. The fraction of sp³-hybridized carbons (Fsp3) is 0.667.